The van der Waals surface area contributed by atoms with Gasteiger partial charge in [-0.3, -0.25) is 5.43 Å². The molecule has 2 saturated carbocycles. The largest absolute Gasteiger partial charge is 0.388 e. The van der Waals surface area contributed by atoms with E-state index in [9.17, 15) is 5.11 Å². The minimum absolute atomic E-state index is 0.128. The number of β-amino-alcohol motifs (C(OH)–C–C–N with tert-alkyl or cyclic N) is 1. The van der Waals surface area contributed by atoms with Crippen molar-refractivity contribution in [2.75, 3.05) is 25.1 Å². The van der Waals surface area contributed by atoms with Crippen molar-refractivity contribution >= 4 is 5.82 Å². The Labute approximate surface area is 166 Å². The van der Waals surface area contributed by atoms with Crippen LogP contribution >= 0.6 is 0 Å². The van der Waals surface area contributed by atoms with Crippen molar-refractivity contribution in [2.24, 2.45) is 5.92 Å². The van der Waals surface area contributed by atoms with Gasteiger partial charge in [-0.05, 0) is 39.0 Å². The maximum Gasteiger partial charge on any atom is 0.132 e. The van der Waals surface area contributed by atoms with Crippen LogP contribution in [0.2, 0.25) is 0 Å². The van der Waals surface area contributed by atoms with Gasteiger partial charge in [0.05, 0.1) is 29.5 Å². The number of nitrogens with zero attached hydrogens (tertiary/aromatic N) is 3. The van der Waals surface area contributed by atoms with Crippen molar-refractivity contribution in [3.63, 3.8) is 0 Å². The van der Waals surface area contributed by atoms with Gasteiger partial charge in [0.2, 0.25) is 0 Å². The second kappa shape index (κ2) is 7.18. The second-order valence-corrected chi connectivity index (χ2v) is 9.09. The summed E-state index contributed by atoms with van der Waals surface area (Å²) in [6.07, 6.45) is 7.00. The van der Waals surface area contributed by atoms with Gasteiger partial charge in [0.25, 0.3) is 0 Å². The number of nitrogens with one attached hydrogen (secondary N) is 2. The van der Waals surface area contributed by atoms with E-state index in [1.807, 2.05) is 0 Å². The number of methoxy groups -OCH3 is 1. The lowest BCUT2D eigenvalue weighted by atomic mass is 9.79. The molecule has 154 valence electrons. The number of aromatic nitrogens is 2. The van der Waals surface area contributed by atoms with Crippen LogP contribution in [0.3, 0.4) is 0 Å². The van der Waals surface area contributed by atoms with E-state index in [1.165, 1.54) is 12.8 Å². The molecule has 2 saturated heterocycles. The van der Waals surface area contributed by atoms with E-state index in [-0.39, 0.29) is 17.7 Å². The molecule has 0 bridgehead atoms. The Morgan fingerprint density at radius 3 is 2.82 bits per heavy atom. The predicted octanol–water partition coefficient (Wildman–Crippen LogP) is 0.928. The van der Waals surface area contributed by atoms with E-state index >= 15 is 0 Å². The number of aliphatic hydroxyl groups is 1. The Bertz CT molecular complexity index is 715. The number of hydrogen-bond acceptors (Lipinski definition) is 8. The molecule has 28 heavy (non-hydrogen) atoms. The summed E-state index contributed by atoms with van der Waals surface area (Å²) in [6, 6.07) is 2.66. The highest BCUT2D eigenvalue weighted by molar-refractivity contribution is 5.42. The average Bonchev–Trinajstić information content (AvgIpc) is 3.12. The van der Waals surface area contributed by atoms with Crippen molar-refractivity contribution in [3.05, 3.63) is 18.1 Å². The Balaban J connectivity index is 1.30. The highest BCUT2D eigenvalue weighted by Gasteiger charge is 2.46. The van der Waals surface area contributed by atoms with Crippen LogP contribution in [0.15, 0.2) is 12.4 Å². The van der Waals surface area contributed by atoms with Gasteiger partial charge in [0.15, 0.2) is 0 Å². The third kappa shape index (κ3) is 3.52. The Morgan fingerprint density at radius 2 is 2.07 bits per heavy atom. The number of hydrazine groups is 1. The first-order valence-electron chi connectivity index (χ1n) is 10.5. The van der Waals surface area contributed by atoms with Crippen molar-refractivity contribution in [1.29, 1.82) is 0 Å². The van der Waals surface area contributed by atoms with Gasteiger partial charge in [-0.1, -0.05) is 0 Å². The fraction of sp³-hybridized carbons (Fsp3) is 0.800. The van der Waals surface area contributed by atoms with Crippen molar-refractivity contribution in [3.8, 4) is 0 Å². The van der Waals surface area contributed by atoms with Gasteiger partial charge in [-0.15, -0.1) is 0 Å². The van der Waals surface area contributed by atoms with E-state index in [0.717, 1.165) is 30.8 Å². The molecule has 8 heteroatoms. The molecule has 1 aromatic rings. The van der Waals surface area contributed by atoms with Crippen LogP contribution in [0.4, 0.5) is 5.82 Å². The highest BCUT2D eigenvalue weighted by atomic mass is 16.5. The molecule has 2 aliphatic heterocycles. The van der Waals surface area contributed by atoms with Gasteiger partial charge in [0.1, 0.15) is 18.2 Å². The average molecular weight is 390 g/mol. The Kier molecular flexibility index (Phi) is 4.79. The zero-order chi connectivity index (χ0) is 19.3. The third-order valence-electron chi connectivity index (χ3n) is 6.97. The van der Waals surface area contributed by atoms with E-state index in [1.54, 1.807) is 13.4 Å². The number of aliphatic hydroxyl groups excluding tert-OH is 1. The standard InChI is InChI=1S/C20H31N5O3/c1-20(5-6-20)28-12-3-4-14-13(7-12)19(24-23-14)15-8-18(22-11-21-15)25-9-16(26)17(10-25)27-2/h8,11-14,16-17,19,23-24,26H,3-7,9-10H2,1-2H3/t12?,13?,14?,16-,17-,19?/m0/s1. The molecule has 1 aromatic heterocycles. The number of ether oxygens (including phenoxy) is 2. The molecule has 4 fully saturated rings. The second-order valence-electron chi connectivity index (χ2n) is 9.09. The number of anilines is 1. The first kappa shape index (κ1) is 18.7. The monoisotopic (exact) mass is 389 g/mol. The van der Waals surface area contributed by atoms with Crippen molar-refractivity contribution in [2.45, 2.75) is 75.0 Å². The molecule has 6 atom stereocenters. The Hall–Kier alpha value is -1.32. The smallest absolute Gasteiger partial charge is 0.132 e. The fourth-order valence-electron chi connectivity index (χ4n) is 4.99. The Morgan fingerprint density at radius 1 is 1.21 bits per heavy atom. The van der Waals surface area contributed by atoms with Crippen LogP contribution in [-0.4, -0.2) is 65.2 Å². The zero-order valence-electron chi connectivity index (χ0n) is 16.7. The molecule has 0 spiro atoms. The molecule has 0 amide bonds. The quantitative estimate of drug-likeness (QED) is 0.685. The minimum atomic E-state index is -0.487. The lowest BCUT2D eigenvalue weighted by Gasteiger charge is -2.34. The molecule has 4 unspecified atom stereocenters. The summed E-state index contributed by atoms with van der Waals surface area (Å²) in [5.74, 6) is 1.31. The molecule has 5 rings (SSSR count). The minimum Gasteiger partial charge on any atom is -0.388 e. The molecule has 4 aliphatic rings. The molecule has 3 N–H and O–H groups in total. The molecular weight excluding hydrogens is 358 g/mol. The highest BCUT2D eigenvalue weighted by Crippen LogP contribution is 2.45. The van der Waals surface area contributed by atoms with Crippen LogP contribution < -0.4 is 15.8 Å². The third-order valence-corrected chi connectivity index (χ3v) is 6.97. The summed E-state index contributed by atoms with van der Waals surface area (Å²) >= 11 is 0. The summed E-state index contributed by atoms with van der Waals surface area (Å²) in [5, 5.41) is 10.1. The molecule has 0 radical (unpaired) electrons. The molecule has 3 heterocycles. The normalized spacial score (nSPS) is 39.2. The molecule has 2 aliphatic carbocycles. The van der Waals surface area contributed by atoms with Gasteiger partial charge in [0, 0.05) is 38.2 Å². The first-order valence-corrected chi connectivity index (χ1v) is 10.5. The first-order chi connectivity index (χ1) is 13.5. The van der Waals surface area contributed by atoms with E-state index in [0.29, 0.717) is 31.2 Å². The number of fused-ring (bicyclic) bond motifs is 1. The van der Waals surface area contributed by atoms with Crippen LogP contribution in [0.25, 0.3) is 0 Å². The summed E-state index contributed by atoms with van der Waals surface area (Å²) < 4.78 is 11.7. The van der Waals surface area contributed by atoms with Crippen LogP contribution in [-0.2, 0) is 9.47 Å². The number of rotatable bonds is 5. The van der Waals surface area contributed by atoms with Gasteiger partial charge in [-0.2, -0.15) is 0 Å². The zero-order valence-corrected chi connectivity index (χ0v) is 16.7. The lowest BCUT2D eigenvalue weighted by molar-refractivity contribution is -0.0500. The van der Waals surface area contributed by atoms with E-state index in [4.69, 9.17) is 9.47 Å². The fourth-order valence-corrected chi connectivity index (χ4v) is 4.99. The van der Waals surface area contributed by atoms with E-state index in [2.05, 4.69) is 38.7 Å². The maximum absolute atomic E-state index is 10.1. The van der Waals surface area contributed by atoms with Crippen LogP contribution in [0, 0.1) is 5.92 Å². The predicted molar refractivity (Wildman–Crippen MR) is 104 cm³/mol. The molecule has 8 nitrogen and oxygen atoms in total. The summed E-state index contributed by atoms with van der Waals surface area (Å²) in [7, 11) is 1.64. The SMILES string of the molecule is CO[C@H]1CN(c2cc(C3NNC4CCC(OC5(C)CC5)CC43)ncn2)C[C@@H]1O. The van der Waals surface area contributed by atoms with Gasteiger partial charge < -0.3 is 19.5 Å². The topological polar surface area (TPSA) is 91.8 Å². The lowest BCUT2D eigenvalue weighted by Crippen LogP contribution is -2.38. The summed E-state index contributed by atoms with van der Waals surface area (Å²) in [5.41, 5.74) is 8.08. The number of hydrogen-bond donors (Lipinski definition) is 3. The summed E-state index contributed by atoms with van der Waals surface area (Å²) in [4.78, 5) is 11.1. The van der Waals surface area contributed by atoms with Gasteiger partial charge >= 0.3 is 0 Å². The molecular formula is C20H31N5O3. The van der Waals surface area contributed by atoms with Crippen LogP contribution in [0.1, 0.15) is 50.8 Å². The van der Waals surface area contributed by atoms with Gasteiger partial charge in [-0.25, -0.2) is 15.4 Å². The summed E-state index contributed by atoms with van der Waals surface area (Å²) in [6.45, 7) is 3.41. The van der Waals surface area contributed by atoms with Crippen molar-refractivity contribution in [1.82, 2.24) is 20.8 Å². The van der Waals surface area contributed by atoms with Crippen molar-refractivity contribution < 1.29 is 14.6 Å². The molecule has 0 aromatic carbocycles. The van der Waals surface area contributed by atoms with E-state index < -0.39 is 6.10 Å². The maximum atomic E-state index is 10.1. The van der Waals surface area contributed by atoms with Crippen LogP contribution in [0.5, 0.6) is 0 Å².